The van der Waals surface area contributed by atoms with E-state index in [1.54, 1.807) is 19.3 Å². The van der Waals surface area contributed by atoms with Crippen molar-refractivity contribution in [3.8, 4) is 0 Å². The molecule has 0 aliphatic carbocycles. The first-order chi connectivity index (χ1) is 10.3. The van der Waals surface area contributed by atoms with E-state index in [4.69, 9.17) is 0 Å². The zero-order valence-electron chi connectivity index (χ0n) is 12.3. The molecule has 5 nitrogen and oxygen atoms in total. The zero-order chi connectivity index (χ0) is 14.9. The van der Waals surface area contributed by atoms with Gasteiger partial charge < -0.3 is 10.6 Å². The first kappa shape index (κ1) is 14.8. The topological polar surface area (TPSA) is 54.2 Å². The molecule has 0 aliphatic heterocycles. The second-order valence-corrected chi connectivity index (χ2v) is 4.62. The standard InChI is InChI=1S/C16H21N5/c1-3-8-18-16(17-2)19-12-14-6-4-7-15(11-14)13-21-10-5-9-20-21/h3-7,9-11H,1,8,12-13H2,2H3,(H2,17,18,19). The van der Waals surface area contributed by atoms with Crippen LogP contribution in [0.2, 0.25) is 0 Å². The van der Waals surface area contributed by atoms with Crippen LogP contribution in [-0.4, -0.2) is 29.3 Å². The molecule has 2 N–H and O–H groups in total. The Kier molecular flexibility index (Phi) is 5.58. The number of hydrogen-bond acceptors (Lipinski definition) is 2. The number of benzene rings is 1. The number of aliphatic imine (C=N–C) groups is 1. The third-order valence-electron chi connectivity index (χ3n) is 2.99. The van der Waals surface area contributed by atoms with E-state index in [0.29, 0.717) is 6.54 Å². The van der Waals surface area contributed by atoms with Crippen molar-refractivity contribution >= 4 is 5.96 Å². The van der Waals surface area contributed by atoms with Gasteiger partial charge in [0.2, 0.25) is 0 Å². The molecule has 21 heavy (non-hydrogen) atoms. The molecule has 2 aromatic rings. The summed E-state index contributed by atoms with van der Waals surface area (Å²) in [5, 5.41) is 10.6. The lowest BCUT2D eigenvalue weighted by Gasteiger charge is -2.11. The van der Waals surface area contributed by atoms with Crippen LogP contribution in [0.3, 0.4) is 0 Å². The van der Waals surface area contributed by atoms with Crippen LogP contribution in [0.5, 0.6) is 0 Å². The molecule has 0 saturated carbocycles. The smallest absolute Gasteiger partial charge is 0.191 e. The summed E-state index contributed by atoms with van der Waals surface area (Å²) < 4.78 is 1.91. The van der Waals surface area contributed by atoms with E-state index in [1.165, 1.54) is 11.1 Å². The predicted molar refractivity (Wildman–Crippen MR) is 86.2 cm³/mol. The minimum absolute atomic E-state index is 0.693. The number of hydrogen-bond donors (Lipinski definition) is 2. The van der Waals surface area contributed by atoms with Crippen molar-refractivity contribution in [2.75, 3.05) is 13.6 Å². The second-order valence-electron chi connectivity index (χ2n) is 4.62. The lowest BCUT2D eigenvalue weighted by atomic mass is 10.1. The molecule has 1 heterocycles. The van der Waals surface area contributed by atoms with E-state index in [2.05, 4.69) is 51.6 Å². The number of aromatic nitrogens is 2. The third kappa shape index (κ3) is 4.80. The van der Waals surface area contributed by atoms with Crippen molar-refractivity contribution in [2.45, 2.75) is 13.1 Å². The van der Waals surface area contributed by atoms with Gasteiger partial charge in [-0.25, -0.2) is 0 Å². The average Bonchev–Trinajstić information content (AvgIpc) is 3.01. The monoisotopic (exact) mass is 283 g/mol. The lowest BCUT2D eigenvalue weighted by molar-refractivity contribution is 0.685. The maximum Gasteiger partial charge on any atom is 0.191 e. The quantitative estimate of drug-likeness (QED) is 0.483. The molecule has 0 amide bonds. The number of nitrogens with one attached hydrogen (secondary N) is 2. The first-order valence-electron chi connectivity index (χ1n) is 6.92. The van der Waals surface area contributed by atoms with Gasteiger partial charge in [-0.2, -0.15) is 5.10 Å². The van der Waals surface area contributed by atoms with E-state index in [1.807, 2.05) is 16.9 Å². The molecule has 5 heteroatoms. The molecule has 1 aromatic heterocycles. The minimum Gasteiger partial charge on any atom is -0.353 e. The van der Waals surface area contributed by atoms with Crippen molar-refractivity contribution in [3.05, 3.63) is 66.5 Å². The number of guanidine groups is 1. The van der Waals surface area contributed by atoms with Gasteiger partial charge in [0.15, 0.2) is 5.96 Å². The maximum atomic E-state index is 4.22. The fourth-order valence-electron chi connectivity index (χ4n) is 1.99. The van der Waals surface area contributed by atoms with Gasteiger partial charge in [-0.05, 0) is 17.2 Å². The molecule has 0 spiro atoms. The van der Waals surface area contributed by atoms with Crippen LogP contribution in [0.15, 0.2) is 60.4 Å². The molecule has 0 saturated heterocycles. The van der Waals surface area contributed by atoms with Crippen molar-refractivity contribution in [3.63, 3.8) is 0 Å². The van der Waals surface area contributed by atoms with Crippen molar-refractivity contribution in [1.82, 2.24) is 20.4 Å². The van der Waals surface area contributed by atoms with Gasteiger partial charge in [0.05, 0.1) is 6.54 Å². The zero-order valence-corrected chi connectivity index (χ0v) is 12.3. The Hall–Kier alpha value is -2.56. The highest BCUT2D eigenvalue weighted by atomic mass is 15.3. The van der Waals surface area contributed by atoms with Gasteiger partial charge in [-0.3, -0.25) is 9.67 Å². The van der Waals surface area contributed by atoms with Crippen LogP contribution in [-0.2, 0) is 13.1 Å². The van der Waals surface area contributed by atoms with E-state index < -0.39 is 0 Å². The Labute approximate surface area is 125 Å². The van der Waals surface area contributed by atoms with Crippen LogP contribution in [0.25, 0.3) is 0 Å². The summed E-state index contributed by atoms with van der Waals surface area (Å²) in [6, 6.07) is 10.4. The Bertz CT molecular complexity index is 586. The van der Waals surface area contributed by atoms with E-state index >= 15 is 0 Å². The predicted octanol–water partition coefficient (Wildman–Crippen LogP) is 1.78. The molecule has 2 rings (SSSR count). The molecular weight excluding hydrogens is 262 g/mol. The normalized spacial score (nSPS) is 11.2. The van der Waals surface area contributed by atoms with Gasteiger partial charge in [-0.15, -0.1) is 6.58 Å². The van der Waals surface area contributed by atoms with Crippen LogP contribution < -0.4 is 10.6 Å². The highest BCUT2D eigenvalue weighted by molar-refractivity contribution is 5.79. The first-order valence-corrected chi connectivity index (χ1v) is 6.92. The second kappa shape index (κ2) is 7.89. The third-order valence-corrected chi connectivity index (χ3v) is 2.99. The molecule has 0 aliphatic rings. The van der Waals surface area contributed by atoms with Gasteiger partial charge in [0.1, 0.15) is 0 Å². The van der Waals surface area contributed by atoms with Crippen molar-refractivity contribution in [2.24, 2.45) is 4.99 Å². The lowest BCUT2D eigenvalue weighted by Crippen LogP contribution is -2.36. The summed E-state index contributed by atoms with van der Waals surface area (Å²) in [5.41, 5.74) is 2.44. The van der Waals surface area contributed by atoms with E-state index in [0.717, 1.165) is 19.0 Å². The van der Waals surface area contributed by atoms with Crippen molar-refractivity contribution < 1.29 is 0 Å². The Balaban J connectivity index is 1.93. The Morgan fingerprint density at radius 3 is 2.90 bits per heavy atom. The summed E-state index contributed by atoms with van der Waals surface area (Å²) in [6.07, 6.45) is 5.56. The van der Waals surface area contributed by atoms with Crippen LogP contribution in [0.1, 0.15) is 11.1 Å². The van der Waals surface area contributed by atoms with E-state index in [9.17, 15) is 0 Å². The van der Waals surface area contributed by atoms with Crippen molar-refractivity contribution in [1.29, 1.82) is 0 Å². The Morgan fingerprint density at radius 1 is 1.33 bits per heavy atom. The van der Waals surface area contributed by atoms with E-state index in [-0.39, 0.29) is 0 Å². The fraction of sp³-hybridized carbons (Fsp3) is 0.250. The van der Waals surface area contributed by atoms with Crippen LogP contribution >= 0.6 is 0 Å². The average molecular weight is 283 g/mol. The Morgan fingerprint density at radius 2 is 2.19 bits per heavy atom. The van der Waals surface area contributed by atoms with Crippen LogP contribution in [0, 0.1) is 0 Å². The van der Waals surface area contributed by atoms with Gasteiger partial charge in [-0.1, -0.05) is 30.3 Å². The molecule has 0 bridgehead atoms. The number of rotatable bonds is 6. The summed E-state index contributed by atoms with van der Waals surface area (Å²) >= 11 is 0. The van der Waals surface area contributed by atoms with Gasteiger partial charge in [0.25, 0.3) is 0 Å². The molecule has 0 atom stereocenters. The summed E-state index contributed by atoms with van der Waals surface area (Å²) in [6.45, 7) is 5.88. The van der Waals surface area contributed by atoms with Gasteiger partial charge in [0, 0.05) is 32.5 Å². The van der Waals surface area contributed by atoms with Gasteiger partial charge >= 0.3 is 0 Å². The molecular formula is C16H21N5. The molecule has 1 aromatic carbocycles. The molecule has 0 unspecified atom stereocenters. The minimum atomic E-state index is 0.693. The summed E-state index contributed by atoms with van der Waals surface area (Å²) in [4.78, 5) is 4.16. The summed E-state index contributed by atoms with van der Waals surface area (Å²) in [5.74, 6) is 0.771. The maximum absolute atomic E-state index is 4.22. The largest absolute Gasteiger partial charge is 0.353 e. The van der Waals surface area contributed by atoms with Crippen LogP contribution in [0.4, 0.5) is 0 Å². The SMILES string of the molecule is C=CCNC(=NC)NCc1cccc(Cn2cccn2)c1. The highest BCUT2D eigenvalue weighted by Gasteiger charge is 2.00. The molecule has 0 fully saturated rings. The molecule has 0 radical (unpaired) electrons. The molecule has 110 valence electrons. The summed E-state index contributed by atoms with van der Waals surface area (Å²) in [7, 11) is 1.76. The highest BCUT2D eigenvalue weighted by Crippen LogP contribution is 2.06. The number of nitrogens with zero attached hydrogens (tertiary/aromatic N) is 3. The fourth-order valence-corrected chi connectivity index (χ4v) is 1.99.